The molecule has 1 amide bonds. The minimum atomic E-state index is -0.533. The molecule has 0 radical (unpaired) electrons. The number of hydrogen-bond donors (Lipinski definition) is 0. The van der Waals surface area contributed by atoms with E-state index in [1.54, 1.807) is 0 Å². The standard InChI is InChI=1S/C24H29N3O4/c1-15-12-24(2,3)26-22(31-15)18(11-21-29-8-9-30-21)23(28)27-13-17-10-16-6-4-5-7-19(16)25-20(17)14-27/h4-7,10,15,18,21H,8-9,11-14H2,1-3H3. The summed E-state index contributed by atoms with van der Waals surface area (Å²) >= 11 is 0. The molecule has 0 aliphatic carbocycles. The van der Waals surface area contributed by atoms with Crippen LogP contribution < -0.4 is 0 Å². The molecule has 31 heavy (non-hydrogen) atoms. The van der Waals surface area contributed by atoms with E-state index in [0.717, 1.165) is 28.6 Å². The van der Waals surface area contributed by atoms with Gasteiger partial charge in [-0.05, 0) is 38.5 Å². The number of carbonyl (C=O) groups excluding carboxylic acids is 1. The van der Waals surface area contributed by atoms with E-state index >= 15 is 0 Å². The molecule has 1 aromatic carbocycles. The normalized spacial score (nSPS) is 24.0. The summed E-state index contributed by atoms with van der Waals surface area (Å²) in [6.07, 6.45) is 0.819. The van der Waals surface area contributed by atoms with Gasteiger partial charge in [0.25, 0.3) is 0 Å². The lowest BCUT2D eigenvalue weighted by Crippen LogP contribution is -2.44. The average molecular weight is 424 g/mol. The first-order chi connectivity index (χ1) is 14.9. The van der Waals surface area contributed by atoms with Crippen molar-refractivity contribution in [2.24, 2.45) is 10.9 Å². The zero-order valence-electron chi connectivity index (χ0n) is 18.3. The molecule has 1 saturated heterocycles. The number of aliphatic imine (C=N–C) groups is 1. The highest BCUT2D eigenvalue weighted by atomic mass is 16.7. The number of fused-ring (bicyclic) bond motifs is 2. The highest BCUT2D eigenvalue weighted by Crippen LogP contribution is 2.32. The fraction of sp³-hybridized carbons (Fsp3) is 0.542. The van der Waals surface area contributed by atoms with Crippen LogP contribution in [0.15, 0.2) is 35.3 Å². The van der Waals surface area contributed by atoms with Gasteiger partial charge in [-0.25, -0.2) is 4.99 Å². The quantitative estimate of drug-likeness (QED) is 0.753. The summed E-state index contributed by atoms with van der Waals surface area (Å²) in [6, 6.07) is 10.2. The first kappa shape index (κ1) is 20.4. The second-order valence-electron chi connectivity index (χ2n) is 9.34. The Hall–Kier alpha value is -2.51. The van der Waals surface area contributed by atoms with Gasteiger partial charge in [-0.2, -0.15) is 0 Å². The predicted molar refractivity (Wildman–Crippen MR) is 116 cm³/mol. The maximum absolute atomic E-state index is 13.7. The molecule has 4 heterocycles. The fourth-order valence-corrected chi connectivity index (χ4v) is 4.82. The number of hydrogen-bond acceptors (Lipinski definition) is 6. The van der Waals surface area contributed by atoms with Crippen LogP contribution in [0.3, 0.4) is 0 Å². The van der Waals surface area contributed by atoms with Crippen LogP contribution in [0, 0.1) is 5.92 Å². The molecular formula is C24H29N3O4. The summed E-state index contributed by atoms with van der Waals surface area (Å²) < 4.78 is 17.4. The van der Waals surface area contributed by atoms with E-state index in [9.17, 15) is 4.79 Å². The Morgan fingerprint density at radius 3 is 2.77 bits per heavy atom. The highest BCUT2D eigenvalue weighted by molar-refractivity contribution is 6.01. The lowest BCUT2D eigenvalue weighted by atomic mass is 9.94. The Bertz CT molecular complexity index is 984. The third kappa shape index (κ3) is 4.16. The van der Waals surface area contributed by atoms with Gasteiger partial charge in [0.1, 0.15) is 5.92 Å². The molecule has 164 valence electrons. The second kappa shape index (κ2) is 7.88. The van der Waals surface area contributed by atoms with Crippen molar-refractivity contribution in [1.29, 1.82) is 0 Å². The minimum absolute atomic E-state index is 0.00551. The van der Waals surface area contributed by atoms with Gasteiger partial charge < -0.3 is 19.1 Å². The van der Waals surface area contributed by atoms with Gasteiger partial charge in [0, 0.05) is 24.8 Å². The van der Waals surface area contributed by atoms with E-state index in [1.165, 1.54) is 0 Å². The number of rotatable bonds is 4. The first-order valence-corrected chi connectivity index (χ1v) is 11.0. The van der Waals surface area contributed by atoms with E-state index in [2.05, 4.69) is 26.0 Å². The number of ether oxygens (including phenoxy) is 3. The molecule has 7 heteroatoms. The Kier molecular flexibility index (Phi) is 5.18. The van der Waals surface area contributed by atoms with Crippen molar-refractivity contribution in [2.45, 2.75) is 64.6 Å². The number of amides is 1. The molecule has 0 saturated carbocycles. The summed E-state index contributed by atoms with van der Waals surface area (Å²) in [6.45, 7) is 8.32. The van der Waals surface area contributed by atoms with E-state index < -0.39 is 12.2 Å². The van der Waals surface area contributed by atoms with Crippen molar-refractivity contribution >= 4 is 22.7 Å². The SMILES string of the molecule is CC1CC(C)(C)N=C(C(CC2OCCO2)C(=O)N2Cc3cc4ccccc4nc3C2)O1. The Morgan fingerprint density at radius 2 is 2.00 bits per heavy atom. The fourth-order valence-electron chi connectivity index (χ4n) is 4.82. The summed E-state index contributed by atoms with van der Waals surface area (Å²) in [4.78, 5) is 25.2. The maximum atomic E-state index is 13.7. The molecule has 0 N–H and O–H groups in total. The third-order valence-electron chi connectivity index (χ3n) is 6.14. The molecule has 1 fully saturated rings. The lowest BCUT2D eigenvalue weighted by Gasteiger charge is -2.35. The molecule has 7 nitrogen and oxygen atoms in total. The lowest BCUT2D eigenvalue weighted by molar-refractivity contribution is -0.138. The number of nitrogens with zero attached hydrogens (tertiary/aromatic N) is 3. The molecule has 2 unspecified atom stereocenters. The first-order valence-electron chi connectivity index (χ1n) is 11.0. The Balaban J connectivity index is 1.42. The van der Waals surface area contributed by atoms with Gasteiger partial charge >= 0.3 is 0 Å². The summed E-state index contributed by atoms with van der Waals surface area (Å²) in [5.74, 6) is -0.0411. The zero-order valence-corrected chi connectivity index (χ0v) is 18.3. The molecule has 2 aromatic rings. The van der Waals surface area contributed by atoms with Gasteiger partial charge in [0.2, 0.25) is 5.91 Å². The van der Waals surface area contributed by atoms with Crippen molar-refractivity contribution in [3.63, 3.8) is 0 Å². The second-order valence-corrected chi connectivity index (χ2v) is 9.34. The third-order valence-corrected chi connectivity index (χ3v) is 6.14. The van der Waals surface area contributed by atoms with E-state index in [0.29, 0.717) is 38.6 Å². The minimum Gasteiger partial charge on any atom is -0.477 e. The number of carbonyl (C=O) groups is 1. The van der Waals surface area contributed by atoms with Crippen LogP contribution in [0.5, 0.6) is 0 Å². The highest BCUT2D eigenvalue weighted by Gasteiger charge is 2.40. The van der Waals surface area contributed by atoms with Crippen molar-refractivity contribution < 1.29 is 19.0 Å². The van der Waals surface area contributed by atoms with Crippen LogP contribution >= 0.6 is 0 Å². The van der Waals surface area contributed by atoms with E-state index in [-0.39, 0.29) is 17.6 Å². The van der Waals surface area contributed by atoms with Crippen molar-refractivity contribution in [3.8, 4) is 0 Å². The molecule has 1 aromatic heterocycles. The van der Waals surface area contributed by atoms with Crippen LogP contribution in [-0.4, -0.2) is 52.8 Å². The molecule has 0 bridgehead atoms. The van der Waals surface area contributed by atoms with Gasteiger partial charge in [0.15, 0.2) is 12.2 Å². The summed E-state index contributed by atoms with van der Waals surface area (Å²) in [5, 5.41) is 1.09. The van der Waals surface area contributed by atoms with E-state index in [4.69, 9.17) is 24.2 Å². The maximum Gasteiger partial charge on any atom is 0.235 e. The number of aromatic nitrogens is 1. The molecule has 0 spiro atoms. The molecule has 2 atom stereocenters. The monoisotopic (exact) mass is 423 g/mol. The predicted octanol–water partition coefficient (Wildman–Crippen LogP) is 3.44. The Morgan fingerprint density at radius 1 is 1.23 bits per heavy atom. The van der Waals surface area contributed by atoms with E-state index in [1.807, 2.05) is 30.0 Å². The van der Waals surface area contributed by atoms with Crippen molar-refractivity contribution in [1.82, 2.24) is 9.88 Å². The van der Waals surface area contributed by atoms with Crippen molar-refractivity contribution in [2.75, 3.05) is 13.2 Å². The van der Waals surface area contributed by atoms with Crippen molar-refractivity contribution in [3.05, 3.63) is 41.6 Å². The number of benzene rings is 1. The summed E-state index contributed by atoms with van der Waals surface area (Å²) in [5.41, 5.74) is 2.74. The molecular weight excluding hydrogens is 394 g/mol. The van der Waals surface area contributed by atoms with Crippen LogP contribution in [0.2, 0.25) is 0 Å². The van der Waals surface area contributed by atoms with Gasteiger partial charge in [-0.1, -0.05) is 18.2 Å². The van der Waals surface area contributed by atoms with Crippen LogP contribution in [0.1, 0.15) is 44.9 Å². The summed E-state index contributed by atoms with van der Waals surface area (Å²) in [7, 11) is 0. The van der Waals surface area contributed by atoms with Crippen LogP contribution in [0.25, 0.3) is 10.9 Å². The van der Waals surface area contributed by atoms with Gasteiger partial charge in [-0.3, -0.25) is 9.78 Å². The largest absolute Gasteiger partial charge is 0.477 e. The Labute approximate surface area is 182 Å². The van der Waals surface area contributed by atoms with Gasteiger partial charge in [-0.15, -0.1) is 0 Å². The van der Waals surface area contributed by atoms with Crippen LogP contribution in [0.4, 0.5) is 0 Å². The zero-order chi connectivity index (χ0) is 21.6. The van der Waals surface area contributed by atoms with Crippen LogP contribution in [-0.2, 0) is 32.1 Å². The molecule has 5 rings (SSSR count). The molecule has 3 aliphatic rings. The topological polar surface area (TPSA) is 73.3 Å². The number of pyridine rings is 1. The van der Waals surface area contributed by atoms with Gasteiger partial charge in [0.05, 0.1) is 42.6 Å². The number of para-hydroxylation sites is 1. The average Bonchev–Trinajstić information content (AvgIpc) is 3.37. The molecule has 3 aliphatic heterocycles. The smallest absolute Gasteiger partial charge is 0.235 e.